The van der Waals surface area contributed by atoms with E-state index in [1.807, 2.05) is 0 Å². The predicted molar refractivity (Wildman–Crippen MR) is 123 cm³/mol. The normalized spacial score (nSPS) is 21.8. The average molecular weight is 425 g/mol. The van der Waals surface area contributed by atoms with Crippen LogP contribution in [0.15, 0.2) is 30.3 Å². The van der Waals surface area contributed by atoms with Gasteiger partial charge in [0.2, 0.25) is 0 Å². The van der Waals surface area contributed by atoms with Crippen LogP contribution < -0.4 is 4.74 Å². The highest BCUT2D eigenvalue weighted by molar-refractivity contribution is 5.80. The highest BCUT2D eigenvalue weighted by atomic mass is 16.5. The highest BCUT2D eigenvalue weighted by Gasteiger charge is 2.30. The van der Waals surface area contributed by atoms with Crippen molar-refractivity contribution >= 4 is 16.9 Å². The lowest BCUT2D eigenvalue weighted by Gasteiger charge is -2.36. The molecule has 4 rings (SSSR count). The predicted octanol–water partition coefficient (Wildman–Crippen LogP) is 5.83. The van der Waals surface area contributed by atoms with Gasteiger partial charge in [0.05, 0.1) is 29.3 Å². The van der Waals surface area contributed by atoms with E-state index in [0.717, 1.165) is 67.5 Å². The number of benzene rings is 1. The number of aliphatic carboxylic acids is 1. The maximum Gasteiger partial charge on any atom is 0.306 e. The molecule has 1 saturated carbocycles. The Kier molecular flexibility index (Phi) is 6.52. The van der Waals surface area contributed by atoms with Gasteiger partial charge in [0, 0.05) is 5.39 Å². The third-order valence-corrected chi connectivity index (χ3v) is 7.32. The van der Waals surface area contributed by atoms with Crippen LogP contribution in [-0.2, 0) is 4.79 Å². The lowest BCUT2D eigenvalue weighted by atomic mass is 9.76. The topological polar surface area (TPSA) is 62.7 Å². The second-order valence-corrected chi connectivity index (χ2v) is 10.1. The number of aromatic nitrogens is 1. The molecule has 2 aliphatic rings. The molecule has 1 aliphatic carbocycles. The second-order valence-electron chi connectivity index (χ2n) is 10.1. The van der Waals surface area contributed by atoms with Crippen LogP contribution in [0.1, 0.15) is 77.5 Å². The Balaban J connectivity index is 1.44. The number of hydrogen-bond acceptors (Lipinski definition) is 4. The molecule has 1 saturated heterocycles. The maximum absolute atomic E-state index is 11.3. The molecule has 1 N–H and O–H groups in total. The van der Waals surface area contributed by atoms with Crippen molar-refractivity contribution in [2.75, 3.05) is 13.1 Å². The third-order valence-electron chi connectivity index (χ3n) is 7.32. The molecular formula is C26H36N2O3. The van der Waals surface area contributed by atoms with Crippen LogP contribution >= 0.6 is 0 Å². The number of rotatable bonds is 6. The van der Waals surface area contributed by atoms with Crippen molar-refractivity contribution in [3.63, 3.8) is 0 Å². The van der Waals surface area contributed by atoms with Crippen molar-refractivity contribution in [2.45, 2.75) is 77.9 Å². The van der Waals surface area contributed by atoms with E-state index in [9.17, 15) is 9.90 Å². The summed E-state index contributed by atoms with van der Waals surface area (Å²) in [5.41, 5.74) is 2.52. The number of carboxylic acids is 1. The van der Waals surface area contributed by atoms with E-state index in [2.05, 4.69) is 56.0 Å². The van der Waals surface area contributed by atoms with Gasteiger partial charge in [-0.2, -0.15) is 0 Å². The maximum atomic E-state index is 11.3. The Morgan fingerprint density at radius 1 is 1.16 bits per heavy atom. The fraction of sp³-hybridized carbons (Fsp3) is 0.615. The number of piperidine rings is 1. The molecule has 1 aliphatic heterocycles. The zero-order chi connectivity index (χ0) is 22.0. The summed E-state index contributed by atoms with van der Waals surface area (Å²) in [6, 6.07) is 10.8. The molecule has 5 nitrogen and oxygen atoms in total. The molecule has 0 bridgehead atoms. The number of carbonyl (C=O) groups is 1. The van der Waals surface area contributed by atoms with Gasteiger partial charge in [-0.3, -0.25) is 14.7 Å². The number of carboxylic acid groups (broad SMARTS) is 1. The zero-order valence-electron chi connectivity index (χ0n) is 19.1. The molecule has 2 heterocycles. The van der Waals surface area contributed by atoms with Crippen molar-refractivity contribution in [3.8, 4) is 5.75 Å². The molecule has 1 atom stereocenters. The van der Waals surface area contributed by atoms with Crippen LogP contribution in [0.4, 0.5) is 0 Å². The lowest BCUT2D eigenvalue weighted by Crippen LogP contribution is -2.38. The quantitative estimate of drug-likeness (QED) is 0.632. The van der Waals surface area contributed by atoms with Crippen molar-refractivity contribution in [3.05, 3.63) is 36.0 Å². The summed E-state index contributed by atoms with van der Waals surface area (Å²) in [6.07, 6.45) is 7.41. The van der Waals surface area contributed by atoms with E-state index in [0.29, 0.717) is 11.5 Å². The van der Waals surface area contributed by atoms with E-state index in [1.54, 1.807) is 0 Å². The summed E-state index contributed by atoms with van der Waals surface area (Å²) in [4.78, 5) is 18.6. The van der Waals surface area contributed by atoms with Crippen LogP contribution in [0.2, 0.25) is 0 Å². The van der Waals surface area contributed by atoms with Gasteiger partial charge in [-0.15, -0.1) is 0 Å². The molecule has 1 aromatic carbocycles. The third kappa shape index (κ3) is 5.20. The Labute approximate surface area is 185 Å². The molecule has 2 aromatic rings. The van der Waals surface area contributed by atoms with Crippen LogP contribution in [-0.4, -0.2) is 40.2 Å². The van der Waals surface area contributed by atoms with Gasteiger partial charge in [-0.05, 0) is 87.7 Å². The van der Waals surface area contributed by atoms with Crippen molar-refractivity contribution in [1.82, 2.24) is 9.88 Å². The molecule has 2 fully saturated rings. The van der Waals surface area contributed by atoms with E-state index < -0.39 is 5.97 Å². The van der Waals surface area contributed by atoms with Crippen molar-refractivity contribution in [2.24, 2.45) is 11.3 Å². The first-order chi connectivity index (χ1) is 14.8. The van der Waals surface area contributed by atoms with Crippen molar-refractivity contribution < 1.29 is 14.6 Å². The van der Waals surface area contributed by atoms with Crippen LogP contribution in [0.25, 0.3) is 10.9 Å². The molecule has 168 valence electrons. The number of hydrogen-bond donors (Lipinski definition) is 1. The standard InChI is InChI=1S/C26H36N2O3/c1-4-24(28-15-11-18(12-16-28)25(29)30)23-7-5-19-17-21(6-8-22(19)27-23)31-20-9-13-26(2,3)14-10-20/h5-8,17-18,20,24H,4,9-16H2,1-3H3,(H,29,30). The van der Waals surface area contributed by atoms with Gasteiger partial charge in [-0.25, -0.2) is 0 Å². The highest BCUT2D eigenvalue weighted by Crippen LogP contribution is 2.37. The smallest absolute Gasteiger partial charge is 0.306 e. The SMILES string of the molecule is CCC(c1ccc2cc(OC3CCC(C)(C)CC3)ccc2n1)N1CCC(C(=O)O)CC1. The minimum atomic E-state index is -0.661. The van der Waals surface area contributed by atoms with Gasteiger partial charge in [0.15, 0.2) is 0 Å². The first-order valence-electron chi connectivity index (χ1n) is 11.9. The minimum Gasteiger partial charge on any atom is -0.490 e. The first kappa shape index (κ1) is 22.1. The molecule has 0 radical (unpaired) electrons. The Hall–Kier alpha value is -2.14. The summed E-state index contributed by atoms with van der Waals surface area (Å²) in [6.45, 7) is 8.52. The fourth-order valence-corrected chi connectivity index (χ4v) is 5.17. The molecule has 0 spiro atoms. The number of ether oxygens (including phenoxy) is 1. The van der Waals surface area contributed by atoms with Crippen LogP contribution in [0.5, 0.6) is 5.75 Å². The van der Waals surface area contributed by atoms with Crippen LogP contribution in [0, 0.1) is 11.3 Å². The largest absolute Gasteiger partial charge is 0.490 e. The number of fused-ring (bicyclic) bond motifs is 1. The summed E-state index contributed by atoms with van der Waals surface area (Å²) in [5, 5.41) is 10.4. The van der Waals surface area contributed by atoms with Crippen LogP contribution in [0.3, 0.4) is 0 Å². The summed E-state index contributed by atoms with van der Waals surface area (Å²) < 4.78 is 6.30. The second kappa shape index (κ2) is 9.15. The number of pyridine rings is 1. The molecule has 0 amide bonds. The Morgan fingerprint density at radius 2 is 1.87 bits per heavy atom. The summed E-state index contributed by atoms with van der Waals surface area (Å²) >= 11 is 0. The van der Waals surface area contributed by atoms with E-state index in [1.165, 1.54) is 12.8 Å². The average Bonchev–Trinajstić information content (AvgIpc) is 2.76. The van der Waals surface area contributed by atoms with Gasteiger partial charge < -0.3 is 9.84 Å². The fourth-order valence-electron chi connectivity index (χ4n) is 5.17. The molecule has 1 unspecified atom stereocenters. The van der Waals surface area contributed by atoms with Gasteiger partial charge in [-0.1, -0.05) is 26.8 Å². The first-order valence-corrected chi connectivity index (χ1v) is 11.9. The van der Waals surface area contributed by atoms with E-state index >= 15 is 0 Å². The van der Waals surface area contributed by atoms with E-state index in [4.69, 9.17) is 9.72 Å². The molecule has 5 heteroatoms. The van der Waals surface area contributed by atoms with Gasteiger partial charge in [0.1, 0.15) is 5.75 Å². The van der Waals surface area contributed by atoms with Crippen molar-refractivity contribution in [1.29, 1.82) is 0 Å². The van der Waals surface area contributed by atoms with E-state index in [-0.39, 0.29) is 12.0 Å². The Morgan fingerprint density at radius 3 is 2.52 bits per heavy atom. The zero-order valence-corrected chi connectivity index (χ0v) is 19.1. The van der Waals surface area contributed by atoms with Gasteiger partial charge >= 0.3 is 5.97 Å². The molecule has 31 heavy (non-hydrogen) atoms. The Bertz CT molecular complexity index is 908. The molecular weight excluding hydrogens is 388 g/mol. The summed E-state index contributed by atoms with van der Waals surface area (Å²) in [7, 11) is 0. The lowest BCUT2D eigenvalue weighted by molar-refractivity contribution is -0.143. The number of nitrogens with zero attached hydrogens (tertiary/aromatic N) is 2. The van der Waals surface area contributed by atoms with Gasteiger partial charge in [0.25, 0.3) is 0 Å². The monoisotopic (exact) mass is 424 g/mol. The summed E-state index contributed by atoms with van der Waals surface area (Å²) in [5.74, 6) is 0.0769. The number of likely N-dealkylation sites (tertiary alicyclic amines) is 1. The molecule has 1 aromatic heterocycles. The minimum absolute atomic E-state index is 0.202.